The maximum absolute atomic E-state index is 12.0. The van der Waals surface area contributed by atoms with Crippen molar-refractivity contribution < 1.29 is 4.79 Å². The fourth-order valence-corrected chi connectivity index (χ4v) is 3.50. The lowest BCUT2D eigenvalue weighted by molar-refractivity contribution is -0.122. The first-order valence-corrected chi connectivity index (χ1v) is 7.62. The number of carbonyl (C=O) groups is 1. The molecule has 0 spiro atoms. The van der Waals surface area contributed by atoms with Gasteiger partial charge in [0.25, 0.3) is 5.56 Å². The summed E-state index contributed by atoms with van der Waals surface area (Å²) in [5.74, 6) is -0.144. The fraction of sp³-hybridized carbons (Fsp3) is 0.357. The molecule has 6 nitrogen and oxygen atoms in total. The van der Waals surface area contributed by atoms with Gasteiger partial charge in [-0.1, -0.05) is 6.07 Å². The summed E-state index contributed by atoms with van der Waals surface area (Å²) >= 11 is 1.49. The van der Waals surface area contributed by atoms with Crippen molar-refractivity contribution in [1.29, 1.82) is 0 Å². The van der Waals surface area contributed by atoms with Gasteiger partial charge in [0.05, 0.1) is 5.69 Å². The van der Waals surface area contributed by atoms with Gasteiger partial charge in [-0.2, -0.15) is 0 Å². The number of aryl methyl sites for hydroxylation is 1. The lowest BCUT2D eigenvalue weighted by atomic mass is 9.98. The lowest BCUT2D eigenvalue weighted by Crippen LogP contribution is -2.41. The summed E-state index contributed by atoms with van der Waals surface area (Å²) in [5, 5.41) is 3.57. The molecule has 0 aliphatic heterocycles. The summed E-state index contributed by atoms with van der Waals surface area (Å²) in [4.78, 5) is 29.1. The predicted octanol–water partition coefficient (Wildman–Crippen LogP) is 0.561. The Bertz CT molecular complexity index is 722. The maximum Gasteiger partial charge on any atom is 0.250 e. The molecule has 2 heterocycles. The van der Waals surface area contributed by atoms with Crippen LogP contribution in [0, 0.1) is 0 Å². The van der Waals surface area contributed by atoms with Crippen LogP contribution in [-0.2, 0) is 24.2 Å². The summed E-state index contributed by atoms with van der Waals surface area (Å²) in [5.41, 5.74) is 6.59. The minimum absolute atomic E-state index is 0.0495. The first-order valence-electron chi connectivity index (χ1n) is 6.80. The van der Waals surface area contributed by atoms with Crippen molar-refractivity contribution >= 4 is 22.4 Å². The van der Waals surface area contributed by atoms with E-state index >= 15 is 0 Å². The molecular formula is C14H16N4O2S. The highest BCUT2D eigenvalue weighted by molar-refractivity contribution is 7.15. The van der Waals surface area contributed by atoms with E-state index in [9.17, 15) is 9.59 Å². The van der Waals surface area contributed by atoms with Crippen LogP contribution in [0.5, 0.6) is 0 Å². The largest absolute Gasteiger partial charge is 0.375 e. The number of aromatic nitrogens is 2. The first-order chi connectivity index (χ1) is 10.1. The number of rotatable bonds is 3. The Labute approximate surface area is 125 Å². The van der Waals surface area contributed by atoms with E-state index in [1.165, 1.54) is 22.0 Å². The standard InChI is InChI=1S/C14H16N4O2S/c15-14-17-10-5-4-9(7-11(10)21-14)16-12(19)8-18-6-2-1-3-13(18)20/h1-3,6,9H,4-5,7-8H2,(H2,15,17)(H,16,19)/t9-/m0/s1. The Morgan fingerprint density at radius 1 is 1.52 bits per heavy atom. The number of carbonyl (C=O) groups excluding carboxylic acids is 1. The van der Waals surface area contributed by atoms with Crippen LogP contribution in [0.3, 0.4) is 0 Å². The number of thiazole rings is 1. The minimum atomic E-state index is -0.172. The molecule has 0 saturated heterocycles. The zero-order valence-electron chi connectivity index (χ0n) is 11.4. The molecule has 21 heavy (non-hydrogen) atoms. The molecule has 0 saturated carbocycles. The van der Waals surface area contributed by atoms with Crippen LogP contribution < -0.4 is 16.6 Å². The van der Waals surface area contributed by atoms with Crippen molar-refractivity contribution in [2.75, 3.05) is 5.73 Å². The molecule has 110 valence electrons. The fourth-order valence-electron chi connectivity index (χ4n) is 2.54. The van der Waals surface area contributed by atoms with Gasteiger partial charge in [0.15, 0.2) is 5.13 Å². The smallest absolute Gasteiger partial charge is 0.250 e. The number of amides is 1. The number of anilines is 1. The molecule has 0 aromatic carbocycles. The second kappa shape index (κ2) is 5.69. The molecule has 1 aliphatic carbocycles. The number of nitrogen functional groups attached to an aromatic ring is 1. The molecule has 3 rings (SSSR count). The third-order valence-electron chi connectivity index (χ3n) is 3.53. The molecule has 0 fully saturated rings. The maximum atomic E-state index is 12.0. The third-order valence-corrected chi connectivity index (χ3v) is 4.48. The Balaban J connectivity index is 1.61. The average molecular weight is 304 g/mol. The topological polar surface area (TPSA) is 90.0 Å². The highest BCUT2D eigenvalue weighted by atomic mass is 32.1. The highest BCUT2D eigenvalue weighted by Crippen LogP contribution is 2.28. The summed E-state index contributed by atoms with van der Waals surface area (Å²) in [6.45, 7) is 0.0495. The van der Waals surface area contributed by atoms with Gasteiger partial charge in [0, 0.05) is 29.6 Å². The van der Waals surface area contributed by atoms with Gasteiger partial charge >= 0.3 is 0 Å². The van der Waals surface area contributed by atoms with Crippen molar-refractivity contribution in [2.24, 2.45) is 0 Å². The van der Waals surface area contributed by atoms with Gasteiger partial charge in [-0.25, -0.2) is 4.98 Å². The van der Waals surface area contributed by atoms with E-state index in [-0.39, 0.29) is 24.1 Å². The van der Waals surface area contributed by atoms with Crippen molar-refractivity contribution in [3.8, 4) is 0 Å². The Morgan fingerprint density at radius 2 is 2.38 bits per heavy atom. The van der Waals surface area contributed by atoms with Crippen LogP contribution in [0.15, 0.2) is 29.2 Å². The van der Waals surface area contributed by atoms with Crippen LogP contribution in [0.1, 0.15) is 17.0 Å². The second-order valence-corrected chi connectivity index (χ2v) is 6.21. The normalized spacial score (nSPS) is 17.2. The number of nitrogens with one attached hydrogen (secondary N) is 1. The van der Waals surface area contributed by atoms with Crippen molar-refractivity contribution in [3.63, 3.8) is 0 Å². The van der Waals surface area contributed by atoms with E-state index in [2.05, 4.69) is 10.3 Å². The molecule has 0 radical (unpaired) electrons. The number of pyridine rings is 1. The zero-order chi connectivity index (χ0) is 14.8. The van der Waals surface area contributed by atoms with Gasteiger partial charge in [-0.3, -0.25) is 9.59 Å². The van der Waals surface area contributed by atoms with Gasteiger partial charge in [0.2, 0.25) is 5.91 Å². The van der Waals surface area contributed by atoms with Gasteiger partial charge in [-0.15, -0.1) is 11.3 Å². The van der Waals surface area contributed by atoms with Crippen LogP contribution in [-0.4, -0.2) is 21.5 Å². The summed E-state index contributed by atoms with van der Waals surface area (Å²) < 4.78 is 1.40. The molecule has 0 bridgehead atoms. The van der Waals surface area contributed by atoms with E-state index in [1.807, 2.05) is 0 Å². The molecule has 1 atom stereocenters. The zero-order valence-corrected chi connectivity index (χ0v) is 12.2. The van der Waals surface area contributed by atoms with Gasteiger partial charge < -0.3 is 15.6 Å². The lowest BCUT2D eigenvalue weighted by Gasteiger charge is -2.22. The SMILES string of the molecule is Nc1nc2c(s1)C[C@@H](NC(=O)Cn1ccccc1=O)CC2. The van der Waals surface area contributed by atoms with Crippen LogP contribution in [0.25, 0.3) is 0 Å². The van der Waals surface area contributed by atoms with E-state index in [1.54, 1.807) is 18.3 Å². The van der Waals surface area contributed by atoms with Crippen LogP contribution in [0.2, 0.25) is 0 Å². The van der Waals surface area contributed by atoms with Crippen LogP contribution in [0.4, 0.5) is 5.13 Å². The number of nitrogens with zero attached hydrogens (tertiary/aromatic N) is 2. The molecule has 2 aromatic rings. The number of hydrogen-bond acceptors (Lipinski definition) is 5. The van der Waals surface area contributed by atoms with Crippen molar-refractivity contribution in [3.05, 3.63) is 45.3 Å². The Kier molecular flexibility index (Phi) is 3.74. The van der Waals surface area contributed by atoms with E-state index < -0.39 is 0 Å². The van der Waals surface area contributed by atoms with E-state index in [0.29, 0.717) is 5.13 Å². The van der Waals surface area contributed by atoms with Gasteiger partial charge in [-0.05, 0) is 18.9 Å². The summed E-state index contributed by atoms with van der Waals surface area (Å²) in [7, 11) is 0. The van der Waals surface area contributed by atoms with Crippen molar-refractivity contribution in [2.45, 2.75) is 31.8 Å². The molecule has 7 heteroatoms. The highest BCUT2D eigenvalue weighted by Gasteiger charge is 2.23. The summed E-state index contributed by atoms with van der Waals surface area (Å²) in [6, 6.07) is 4.93. The Morgan fingerprint density at radius 3 is 3.19 bits per heavy atom. The molecule has 1 amide bonds. The molecule has 2 aromatic heterocycles. The van der Waals surface area contributed by atoms with E-state index in [0.717, 1.165) is 29.8 Å². The molecule has 0 unspecified atom stereocenters. The second-order valence-electron chi connectivity index (χ2n) is 5.10. The number of hydrogen-bond donors (Lipinski definition) is 2. The predicted molar refractivity (Wildman–Crippen MR) is 81.2 cm³/mol. The van der Waals surface area contributed by atoms with Crippen LogP contribution >= 0.6 is 11.3 Å². The monoisotopic (exact) mass is 304 g/mol. The average Bonchev–Trinajstić information content (AvgIpc) is 2.80. The quantitative estimate of drug-likeness (QED) is 0.867. The summed E-state index contributed by atoms with van der Waals surface area (Å²) in [6.07, 6.45) is 4.06. The van der Waals surface area contributed by atoms with E-state index in [4.69, 9.17) is 5.73 Å². The number of nitrogens with two attached hydrogens (primary N) is 1. The number of fused-ring (bicyclic) bond motifs is 1. The first kappa shape index (κ1) is 13.8. The molecule has 1 aliphatic rings. The third kappa shape index (κ3) is 3.13. The molecule has 3 N–H and O–H groups in total. The van der Waals surface area contributed by atoms with Crippen molar-refractivity contribution in [1.82, 2.24) is 14.9 Å². The minimum Gasteiger partial charge on any atom is -0.375 e. The molecular weight excluding hydrogens is 288 g/mol. The Hall–Kier alpha value is -2.15. The van der Waals surface area contributed by atoms with Gasteiger partial charge in [0.1, 0.15) is 6.54 Å².